The van der Waals surface area contributed by atoms with Gasteiger partial charge in [-0.25, -0.2) is 4.79 Å². The highest BCUT2D eigenvalue weighted by Gasteiger charge is 2.22. The van der Waals surface area contributed by atoms with Crippen molar-refractivity contribution in [3.8, 4) is 0 Å². The molecule has 0 radical (unpaired) electrons. The zero-order valence-electron chi connectivity index (χ0n) is 18.0. The average molecular weight is 423 g/mol. The molecule has 162 valence electrons. The van der Waals surface area contributed by atoms with E-state index in [1.807, 2.05) is 48.0 Å². The molecule has 4 rings (SSSR count). The topological polar surface area (TPSA) is 92.5 Å². The first-order valence-corrected chi connectivity index (χ1v) is 10.2. The van der Waals surface area contributed by atoms with E-state index in [4.69, 9.17) is 4.74 Å². The van der Waals surface area contributed by atoms with Crippen LogP contribution in [0.25, 0.3) is 16.9 Å². The van der Waals surface area contributed by atoms with Crippen LogP contribution in [0, 0.1) is 6.92 Å². The Hall–Kier alpha value is -3.62. The third-order valence-corrected chi connectivity index (χ3v) is 5.58. The third-order valence-electron chi connectivity index (χ3n) is 5.58. The van der Waals surface area contributed by atoms with Gasteiger partial charge in [0, 0.05) is 25.5 Å². The summed E-state index contributed by atoms with van der Waals surface area (Å²) in [5.74, 6) is 0.132. The summed E-state index contributed by atoms with van der Waals surface area (Å²) in [6, 6.07) is 10.00. The third kappa shape index (κ3) is 3.35. The lowest BCUT2D eigenvalue weighted by Gasteiger charge is -2.16. The minimum Gasteiger partial charge on any atom is -0.466 e. The lowest BCUT2D eigenvalue weighted by atomic mass is 10.1. The molecule has 0 unspecified atom stereocenters. The Kier molecular flexibility index (Phi) is 5.26. The number of carbonyl (C=O) groups is 1. The van der Waals surface area contributed by atoms with Crippen LogP contribution in [0.2, 0.25) is 0 Å². The molecule has 9 nitrogen and oxygen atoms in total. The number of carbonyl (C=O) groups excluding carboxylic acids is 1. The van der Waals surface area contributed by atoms with E-state index in [2.05, 4.69) is 11.9 Å². The molecule has 0 aliphatic carbocycles. The van der Waals surface area contributed by atoms with Gasteiger partial charge in [0.1, 0.15) is 0 Å². The van der Waals surface area contributed by atoms with Gasteiger partial charge in [0.15, 0.2) is 11.2 Å². The predicted molar refractivity (Wildman–Crippen MR) is 116 cm³/mol. The standard InChI is InChI=1S/C22H25N5O4/c1-5-31-17(28)11-12-25-20(29)18-19(24(4)22(25)30)23-21-26(18)13-14(2)27(21)15(3)16-9-7-6-8-10-16/h6-10,13,15H,5,11-12H2,1-4H3/t15-/m1/s1. The van der Waals surface area contributed by atoms with E-state index in [0.717, 1.165) is 15.8 Å². The second-order valence-corrected chi connectivity index (χ2v) is 7.53. The van der Waals surface area contributed by atoms with Gasteiger partial charge in [-0.15, -0.1) is 0 Å². The molecule has 0 saturated carbocycles. The van der Waals surface area contributed by atoms with Gasteiger partial charge in [0.05, 0.1) is 19.1 Å². The molecule has 0 fully saturated rings. The maximum Gasteiger partial charge on any atom is 0.332 e. The molecule has 0 bridgehead atoms. The van der Waals surface area contributed by atoms with Gasteiger partial charge in [-0.2, -0.15) is 4.98 Å². The maximum absolute atomic E-state index is 13.2. The Labute approximate surface area is 178 Å². The van der Waals surface area contributed by atoms with Crippen LogP contribution in [0.4, 0.5) is 0 Å². The van der Waals surface area contributed by atoms with Crippen molar-refractivity contribution < 1.29 is 9.53 Å². The van der Waals surface area contributed by atoms with Crippen LogP contribution in [0.5, 0.6) is 0 Å². The number of nitrogens with zero attached hydrogens (tertiary/aromatic N) is 5. The molecule has 1 atom stereocenters. The normalized spacial score (nSPS) is 12.5. The minimum atomic E-state index is -0.512. The van der Waals surface area contributed by atoms with Gasteiger partial charge in [-0.1, -0.05) is 30.3 Å². The summed E-state index contributed by atoms with van der Waals surface area (Å²) in [5, 5.41) is 0. The highest BCUT2D eigenvalue weighted by molar-refractivity contribution is 5.76. The first kappa shape index (κ1) is 20.6. The van der Waals surface area contributed by atoms with Gasteiger partial charge >= 0.3 is 11.7 Å². The summed E-state index contributed by atoms with van der Waals surface area (Å²) in [5.41, 5.74) is 1.68. The Balaban J connectivity index is 1.90. The molecule has 9 heteroatoms. The van der Waals surface area contributed by atoms with E-state index in [-0.39, 0.29) is 25.6 Å². The number of imidazole rings is 2. The summed E-state index contributed by atoms with van der Waals surface area (Å²) < 4.78 is 11.1. The van der Waals surface area contributed by atoms with E-state index < -0.39 is 17.2 Å². The van der Waals surface area contributed by atoms with Crippen molar-refractivity contribution >= 4 is 22.9 Å². The number of benzene rings is 1. The van der Waals surface area contributed by atoms with Crippen molar-refractivity contribution in [2.45, 2.75) is 39.8 Å². The van der Waals surface area contributed by atoms with Gasteiger partial charge < -0.3 is 9.30 Å². The van der Waals surface area contributed by atoms with Crippen LogP contribution in [0.15, 0.2) is 46.1 Å². The molecule has 0 aliphatic heterocycles. The van der Waals surface area contributed by atoms with Crippen molar-refractivity contribution in [2.24, 2.45) is 7.05 Å². The molecule has 3 aromatic heterocycles. The van der Waals surface area contributed by atoms with Gasteiger partial charge in [0.2, 0.25) is 5.78 Å². The monoisotopic (exact) mass is 423 g/mol. The molecule has 4 aromatic rings. The second-order valence-electron chi connectivity index (χ2n) is 7.53. The Morgan fingerprint density at radius 2 is 1.90 bits per heavy atom. The maximum atomic E-state index is 13.2. The number of aryl methyl sites for hydroxylation is 2. The van der Waals surface area contributed by atoms with E-state index in [0.29, 0.717) is 16.9 Å². The van der Waals surface area contributed by atoms with E-state index in [1.165, 1.54) is 4.57 Å². The highest BCUT2D eigenvalue weighted by Crippen LogP contribution is 2.25. The number of aromatic nitrogens is 5. The Morgan fingerprint density at radius 1 is 1.19 bits per heavy atom. The first-order valence-electron chi connectivity index (χ1n) is 10.2. The van der Waals surface area contributed by atoms with Crippen molar-refractivity contribution in [2.75, 3.05) is 6.61 Å². The lowest BCUT2D eigenvalue weighted by molar-refractivity contribution is -0.143. The van der Waals surface area contributed by atoms with E-state index in [9.17, 15) is 14.4 Å². The minimum absolute atomic E-state index is 0.0152. The lowest BCUT2D eigenvalue weighted by Crippen LogP contribution is -2.39. The van der Waals surface area contributed by atoms with Gasteiger partial charge in [-0.3, -0.25) is 23.1 Å². The molecule has 31 heavy (non-hydrogen) atoms. The van der Waals surface area contributed by atoms with Crippen LogP contribution in [0.3, 0.4) is 0 Å². The second kappa shape index (κ2) is 7.90. The van der Waals surface area contributed by atoms with Crippen LogP contribution < -0.4 is 11.2 Å². The average Bonchev–Trinajstić information content (AvgIpc) is 3.27. The molecule has 0 spiro atoms. The molecule has 0 aliphatic rings. The quantitative estimate of drug-likeness (QED) is 0.443. The summed E-state index contributed by atoms with van der Waals surface area (Å²) in [4.78, 5) is 42.4. The number of fused-ring (bicyclic) bond motifs is 3. The molecular formula is C22H25N5O4. The SMILES string of the molecule is CCOC(=O)CCn1c(=O)c2c(nc3n([C@H](C)c4ccccc4)c(C)cn23)n(C)c1=O. The Bertz CT molecular complexity index is 1390. The molecule has 3 heterocycles. The van der Waals surface area contributed by atoms with Gasteiger partial charge in [-0.05, 0) is 26.3 Å². The van der Waals surface area contributed by atoms with Crippen molar-refractivity contribution in [1.29, 1.82) is 0 Å². The smallest absolute Gasteiger partial charge is 0.332 e. The van der Waals surface area contributed by atoms with Crippen LogP contribution in [0.1, 0.15) is 37.6 Å². The summed E-state index contributed by atoms with van der Waals surface area (Å²) in [7, 11) is 1.58. The number of hydrogen-bond donors (Lipinski definition) is 0. The highest BCUT2D eigenvalue weighted by atomic mass is 16.5. The molecule has 0 amide bonds. The Morgan fingerprint density at radius 3 is 2.58 bits per heavy atom. The van der Waals surface area contributed by atoms with Crippen molar-refractivity contribution in [3.63, 3.8) is 0 Å². The zero-order chi connectivity index (χ0) is 22.3. The summed E-state index contributed by atoms with van der Waals surface area (Å²) in [6.45, 7) is 5.94. The first-order chi connectivity index (χ1) is 14.8. The van der Waals surface area contributed by atoms with Gasteiger partial charge in [0.25, 0.3) is 5.56 Å². The fraction of sp³-hybridized carbons (Fsp3) is 0.364. The molecule has 0 saturated heterocycles. The zero-order valence-corrected chi connectivity index (χ0v) is 18.0. The predicted octanol–water partition coefficient (Wildman–Crippen LogP) is 2.02. The molecular weight excluding hydrogens is 398 g/mol. The van der Waals surface area contributed by atoms with Crippen LogP contribution in [-0.2, 0) is 23.1 Å². The van der Waals surface area contributed by atoms with Crippen LogP contribution in [-0.4, -0.2) is 35.7 Å². The number of ether oxygens (including phenoxy) is 1. The number of hydrogen-bond acceptors (Lipinski definition) is 5. The number of rotatable bonds is 6. The van der Waals surface area contributed by atoms with E-state index in [1.54, 1.807) is 18.4 Å². The molecule has 0 N–H and O–H groups in total. The van der Waals surface area contributed by atoms with Crippen molar-refractivity contribution in [3.05, 3.63) is 68.6 Å². The summed E-state index contributed by atoms with van der Waals surface area (Å²) >= 11 is 0. The number of esters is 1. The van der Waals surface area contributed by atoms with Crippen LogP contribution >= 0.6 is 0 Å². The molecule has 1 aromatic carbocycles. The van der Waals surface area contributed by atoms with E-state index >= 15 is 0 Å². The van der Waals surface area contributed by atoms with Crippen molar-refractivity contribution in [1.82, 2.24) is 23.1 Å². The fourth-order valence-electron chi connectivity index (χ4n) is 4.02. The largest absolute Gasteiger partial charge is 0.466 e. The fourth-order valence-corrected chi connectivity index (χ4v) is 4.02. The summed E-state index contributed by atoms with van der Waals surface area (Å²) in [6.07, 6.45) is 1.80.